The third-order valence-corrected chi connectivity index (χ3v) is 1.74. The van der Waals surface area contributed by atoms with Crippen LogP contribution >= 0.6 is 23.2 Å². The molecule has 0 fully saturated rings. The molecule has 18 heavy (non-hydrogen) atoms. The summed E-state index contributed by atoms with van der Waals surface area (Å²) in [5.74, 6) is -0.0245. The van der Waals surface area contributed by atoms with Gasteiger partial charge >= 0.3 is 0 Å². The molecule has 0 bridgehead atoms. The Kier molecular flexibility index (Phi) is 11.6. The molecule has 0 spiro atoms. The van der Waals surface area contributed by atoms with Crippen molar-refractivity contribution in [3.63, 3.8) is 0 Å². The van der Waals surface area contributed by atoms with E-state index in [0.29, 0.717) is 11.1 Å². The highest BCUT2D eigenvalue weighted by atomic mass is 35.5. The Labute approximate surface area is 117 Å². The first kappa shape index (κ1) is 19.2. The molecule has 0 unspecified atom stereocenters. The van der Waals surface area contributed by atoms with Crippen LogP contribution in [0.3, 0.4) is 0 Å². The molecular weight excluding hydrogens is 275 g/mol. The third-order valence-electron chi connectivity index (χ3n) is 1.52. The highest BCUT2D eigenvalue weighted by Crippen LogP contribution is 2.07. The lowest BCUT2D eigenvalue weighted by Crippen LogP contribution is -1.93. The lowest BCUT2D eigenvalue weighted by Gasteiger charge is -1.95. The molecule has 1 aromatic rings. The van der Waals surface area contributed by atoms with E-state index in [-0.39, 0.29) is 11.0 Å². The molecule has 1 aromatic carbocycles. The van der Waals surface area contributed by atoms with Crippen molar-refractivity contribution in [3.8, 4) is 0 Å². The summed E-state index contributed by atoms with van der Waals surface area (Å²) in [5, 5.41) is -0.870. The molecule has 0 saturated heterocycles. The summed E-state index contributed by atoms with van der Waals surface area (Å²) in [7, 11) is 0. The molecule has 0 N–H and O–H groups in total. The van der Waals surface area contributed by atoms with E-state index < -0.39 is 5.24 Å². The minimum Gasteiger partial charge on any atom is -0.295 e. The predicted octanol–water partition coefficient (Wildman–Crippen LogP) is 4.07. The summed E-state index contributed by atoms with van der Waals surface area (Å²) in [6.07, 6.45) is 0. The second-order valence-corrected chi connectivity index (χ2v) is 3.75. The first-order valence-corrected chi connectivity index (χ1v) is 6.07. The molecule has 0 saturated carbocycles. The highest BCUT2D eigenvalue weighted by Gasteiger charge is 2.02. The lowest BCUT2D eigenvalue weighted by molar-refractivity contribution is -0.109. The molecule has 3 nitrogen and oxygen atoms in total. The van der Waals surface area contributed by atoms with Crippen molar-refractivity contribution in [1.29, 1.82) is 0 Å². The summed E-state index contributed by atoms with van der Waals surface area (Å²) in [5.41, 5.74) is 0.985. The molecule has 0 aliphatic heterocycles. The molecule has 0 aliphatic carbocycles. The summed E-state index contributed by atoms with van der Waals surface area (Å²) < 4.78 is 0. The molecule has 1 rings (SSSR count). The summed E-state index contributed by atoms with van der Waals surface area (Å²) in [6, 6.07) is 6.23. The number of carbonyl (C=O) groups is 3. The number of halogens is 2. The van der Waals surface area contributed by atoms with Gasteiger partial charge in [-0.05, 0) is 42.3 Å². The van der Waals surface area contributed by atoms with Crippen LogP contribution in [0.4, 0.5) is 0 Å². The molecule has 0 aromatic heterocycles. The zero-order chi connectivity index (χ0) is 14.7. The molecule has 0 aliphatic rings. The summed E-state index contributed by atoms with van der Waals surface area (Å²) in [4.78, 5) is 30.6. The van der Waals surface area contributed by atoms with Gasteiger partial charge in [-0.15, -0.1) is 0 Å². The number of hydrogen-bond donors (Lipinski definition) is 0. The Hall–Kier alpha value is -1.19. The Bertz CT molecular complexity index is 360. The second kappa shape index (κ2) is 10.9. The van der Waals surface area contributed by atoms with Crippen molar-refractivity contribution in [3.05, 3.63) is 35.4 Å². The van der Waals surface area contributed by atoms with E-state index in [9.17, 15) is 14.4 Å². The topological polar surface area (TPSA) is 51.2 Å². The number of hydrogen-bond acceptors (Lipinski definition) is 3. The smallest absolute Gasteiger partial charge is 0.252 e. The minimum atomic E-state index is -0.509. The van der Waals surface area contributed by atoms with E-state index in [2.05, 4.69) is 11.6 Å². The number of carbonyl (C=O) groups excluding carboxylic acids is 3. The van der Waals surface area contributed by atoms with Crippen LogP contribution in [0.25, 0.3) is 0 Å². The van der Waals surface area contributed by atoms with Crippen LogP contribution in [0.15, 0.2) is 24.3 Å². The fourth-order valence-electron chi connectivity index (χ4n) is 0.836. The Balaban J connectivity index is 0. The number of benzene rings is 1. The molecule has 0 radical (unpaired) electrons. The van der Waals surface area contributed by atoms with Crippen LogP contribution in [0.5, 0.6) is 0 Å². The quantitative estimate of drug-likeness (QED) is 0.609. The highest BCUT2D eigenvalue weighted by molar-refractivity contribution is 6.67. The van der Waals surface area contributed by atoms with E-state index >= 15 is 0 Å². The summed E-state index contributed by atoms with van der Waals surface area (Å²) in [6.45, 7) is 6.76. The van der Waals surface area contributed by atoms with Crippen LogP contribution < -0.4 is 0 Å². The predicted molar refractivity (Wildman–Crippen MR) is 74.5 cm³/mol. The fraction of sp³-hybridized carbons (Fsp3) is 0.308. The fourth-order valence-corrected chi connectivity index (χ4v) is 0.962. The van der Waals surface area contributed by atoms with Crippen LogP contribution in [0.1, 0.15) is 48.4 Å². The van der Waals surface area contributed by atoms with E-state index in [1.807, 2.05) is 13.8 Å². The van der Waals surface area contributed by atoms with Gasteiger partial charge < -0.3 is 0 Å². The Morgan fingerprint density at radius 3 is 1.33 bits per heavy atom. The maximum Gasteiger partial charge on any atom is 0.252 e. The molecule has 100 valence electrons. The van der Waals surface area contributed by atoms with Gasteiger partial charge in [0.25, 0.3) is 5.24 Å². The molecule has 0 atom stereocenters. The third kappa shape index (κ3) is 10.00. The van der Waals surface area contributed by atoms with Gasteiger partial charge in [-0.25, -0.2) is 0 Å². The first-order valence-electron chi connectivity index (χ1n) is 5.31. The minimum absolute atomic E-state index is 0.0245. The van der Waals surface area contributed by atoms with Gasteiger partial charge in [0.1, 0.15) is 0 Å². The zero-order valence-electron chi connectivity index (χ0n) is 10.8. The van der Waals surface area contributed by atoms with Crippen LogP contribution in [0.2, 0.25) is 0 Å². The van der Waals surface area contributed by atoms with Gasteiger partial charge in [0.15, 0.2) is 5.78 Å². The van der Waals surface area contributed by atoms with Crippen molar-refractivity contribution in [2.24, 2.45) is 0 Å². The monoisotopic (exact) mass is 290 g/mol. The van der Waals surface area contributed by atoms with Gasteiger partial charge in [0, 0.05) is 18.1 Å². The molecule has 0 heterocycles. The number of ketones is 1. The van der Waals surface area contributed by atoms with Crippen LogP contribution in [-0.2, 0) is 4.79 Å². The Morgan fingerprint density at radius 2 is 1.11 bits per heavy atom. The van der Waals surface area contributed by atoms with Crippen molar-refractivity contribution in [1.82, 2.24) is 0 Å². The standard InChI is InChI=1S/C9H7ClO2.C2H3ClO.C2H6/c1-6(11)7-2-4-8(5-3-7)9(10)12;1-2(3)4;1-2/h2-5H,1H3;1H3;1-2H3. The van der Waals surface area contributed by atoms with E-state index in [0.717, 1.165) is 0 Å². The van der Waals surface area contributed by atoms with Gasteiger partial charge in [-0.2, -0.15) is 0 Å². The molecule has 5 heteroatoms. The van der Waals surface area contributed by atoms with Gasteiger partial charge in [0.2, 0.25) is 5.24 Å². The van der Waals surface area contributed by atoms with Crippen molar-refractivity contribution < 1.29 is 14.4 Å². The summed E-state index contributed by atoms with van der Waals surface area (Å²) >= 11 is 9.85. The average Bonchev–Trinajstić information content (AvgIpc) is 2.31. The van der Waals surface area contributed by atoms with Gasteiger partial charge in [-0.3, -0.25) is 14.4 Å². The molecule has 0 amide bonds. The number of Topliss-reactive ketones (excluding diaryl/α,β-unsaturated/α-hetero) is 1. The lowest BCUT2D eigenvalue weighted by atomic mass is 10.1. The van der Waals surface area contributed by atoms with Crippen molar-refractivity contribution in [2.75, 3.05) is 0 Å². The van der Waals surface area contributed by atoms with E-state index in [1.165, 1.54) is 26.0 Å². The maximum atomic E-state index is 10.8. The van der Waals surface area contributed by atoms with Gasteiger partial charge in [0.05, 0.1) is 0 Å². The SMILES string of the molecule is CC.CC(=O)Cl.CC(=O)c1ccc(C(=O)Cl)cc1. The largest absolute Gasteiger partial charge is 0.295 e. The number of rotatable bonds is 2. The van der Waals surface area contributed by atoms with Crippen molar-refractivity contribution in [2.45, 2.75) is 27.7 Å². The maximum absolute atomic E-state index is 10.8. The van der Waals surface area contributed by atoms with E-state index in [1.54, 1.807) is 12.1 Å². The van der Waals surface area contributed by atoms with Crippen molar-refractivity contribution >= 4 is 39.5 Å². The normalized spacial score (nSPS) is 8.11. The Morgan fingerprint density at radius 1 is 0.833 bits per heavy atom. The van der Waals surface area contributed by atoms with E-state index in [4.69, 9.17) is 11.6 Å². The van der Waals surface area contributed by atoms with Crippen LogP contribution in [-0.4, -0.2) is 16.3 Å². The zero-order valence-corrected chi connectivity index (χ0v) is 12.3. The van der Waals surface area contributed by atoms with Crippen LogP contribution in [0, 0.1) is 0 Å². The van der Waals surface area contributed by atoms with Gasteiger partial charge in [-0.1, -0.05) is 26.0 Å². The average molecular weight is 291 g/mol. The second-order valence-electron chi connectivity index (χ2n) is 2.88. The molecular formula is C13H16Cl2O3. The first-order chi connectivity index (χ1) is 8.34.